The van der Waals surface area contributed by atoms with Crippen molar-refractivity contribution in [1.82, 2.24) is 21.2 Å². The van der Waals surface area contributed by atoms with Gasteiger partial charge in [0.25, 0.3) is 0 Å². The van der Waals surface area contributed by atoms with E-state index < -0.39 is 5.91 Å². The molecule has 1 atom stereocenters. The fourth-order valence-electron chi connectivity index (χ4n) is 3.80. The van der Waals surface area contributed by atoms with Crippen LogP contribution in [-0.4, -0.2) is 28.7 Å². The van der Waals surface area contributed by atoms with E-state index in [-0.39, 0.29) is 37.1 Å². The van der Waals surface area contributed by atoms with E-state index in [1.807, 2.05) is 57.2 Å². The van der Waals surface area contributed by atoms with Crippen molar-refractivity contribution in [2.45, 2.75) is 58.9 Å². The normalized spacial score (nSPS) is 11.7. The third kappa shape index (κ3) is 7.20. The molecule has 174 valence electrons. The number of aromatic amines is 1. The zero-order chi connectivity index (χ0) is 23.8. The number of carbonyl (C=O) groups is 3. The number of hydrazine groups is 1. The molecule has 0 aliphatic carbocycles. The van der Waals surface area contributed by atoms with E-state index in [0.717, 1.165) is 40.6 Å². The number of nitrogens with one attached hydrogen (secondary N) is 4. The summed E-state index contributed by atoms with van der Waals surface area (Å²) in [6.07, 6.45) is 1.92. The maximum atomic E-state index is 12.3. The van der Waals surface area contributed by atoms with E-state index >= 15 is 0 Å². The van der Waals surface area contributed by atoms with Crippen LogP contribution in [0.4, 0.5) is 0 Å². The van der Waals surface area contributed by atoms with E-state index in [9.17, 15) is 14.4 Å². The highest BCUT2D eigenvalue weighted by Gasteiger charge is 2.14. The van der Waals surface area contributed by atoms with Crippen LogP contribution < -0.4 is 16.2 Å². The van der Waals surface area contributed by atoms with Gasteiger partial charge in [0.1, 0.15) is 0 Å². The maximum Gasteiger partial charge on any atom is 0.242 e. The predicted molar refractivity (Wildman–Crippen MR) is 129 cm³/mol. The van der Waals surface area contributed by atoms with Crippen molar-refractivity contribution in [3.8, 4) is 0 Å². The molecule has 0 fully saturated rings. The van der Waals surface area contributed by atoms with E-state index in [1.54, 1.807) is 0 Å². The molecule has 3 rings (SSSR count). The lowest BCUT2D eigenvalue weighted by molar-refractivity contribution is -0.130. The molecular weight excluding hydrogens is 416 g/mol. The summed E-state index contributed by atoms with van der Waals surface area (Å²) >= 11 is 0. The van der Waals surface area contributed by atoms with Crippen LogP contribution in [0.1, 0.15) is 48.6 Å². The monoisotopic (exact) mass is 448 g/mol. The summed E-state index contributed by atoms with van der Waals surface area (Å²) in [7, 11) is 0. The first-order chi connectivity index (χ1) is 15.8. The Balaban J connectivity index is 1.37. The molecule has 0 saturated carbocycles. The number of amides is 3. The largest absolute Gasteiger partial charge is 0.358 e. The smallest absolute Gasteiger partial charge is 0.242 e. The number of rotatable bonds is 9. The molecule has 1 aromatic heterocycles. The Morgan fingerprint density at radius 3 is 2.36 bits per heavy atom. The predicted octanol–water partition coefficient (Wildman–Crippen LogP) is 3.39. The molecule has 0 bridgehead atoms. The average molecular weight is 449 g/mol. The standard InChI is InChI=1S/C26H32N4O3/c1-17-9-12-23-22(15-17)21(19(3)28-23)16-26(33)30-29-25(32)14-13-24(31)27-18(2)10-11-20-7-5-4-6-8-20/h4-9,12,15,18,28H,10-11,13-14,16H2,1-3H3,(H,27,31)(H,29,32)(H,30,33)/t18-/m1/s1. The molecule has 1 heterocycles. The van der Waals surface area contributed by atoms with Gasteiger partial charge in [0.15, 0.2) is 0 Å². The van der Waals surface area contributed by atoms with Gasteiger partial charge in [-0.05, 0) is 56.9 Å². The quantitative estimate of drug-likeness (QED) is 0.377. The van der Waals surface area contributed by atoms with Gasteiger partial charge >= 0.3 is 0 Å². The van der Waals surface area contributed by atoms with Crippen LogP contribution in [0.15, 0.2) is 48.5 Å². The zero-order valence-electron chi connectivity index (χ0n) is 19.5. The Kier molecular flexibility index (Phi) is 8.24. The lowest BCUT2D eigenvalue weighted by Crippen LogP contribution is -2.43. The molecule has 0 radical (unpaired) electrons. The van der Waals surface area contributed by atoms with Crippen molar-refractivity contribution in [1.29, 1.82) is 0 Å². The lowest BCUT2D eigenvalue weighted by atomic mass is 10.1. The van der Waals surface area contributed by atoms with E-state index in [2.05, 4.69) is 33.3 Å². The molecule has 7 heteroatoms. The molecule has 3 amide bonds. The zero-order valence-corrected chi connectivity index (χ0v) is 19.5. The summed E-state index contributed by atoms with van der Waals surface area (Å²) in [5.41, 5.74) is 10.0. The molecule has 0 unspecified atom stereocenters. The van der Waals surface area contributed by atoms with Gasteiger partial charge < -0.3 is 10.3 Å². The van der Waals surface area contributed by atoms with Crippen LogP contribution in [0.2, 0.25) is 0 Å². The Morgan fingerprint density at radius 1 is 0.909 bits per heavy atom. The van der Waals surface area contributed by atoms with Crippen LogP contribution in [0.25, 0.3) is 10.9 Å². The molecular formula is C26H32N4O3. The molecule has 0 aliphatic rings. The van der Waals surface area contributed by atoms with Crippen LogP contribution >= 0.6 is 0 Å². The fourth-order valence-corrected chi connectivity index (χ4v) is 3.80. The van der Waals surface area contributed by atoms with Gasteiger partial charge in [0, 0.05) is 35.5 Å². The van der Waals surface area contributed by atoms with E-state index in [0.29, 0.717) is 0 Å². The number of carbonyl (C=O) groups excluding carboxylic acids is 3. The highest BCUT2D eigenvalue weighted by atomic mass is 16.2. The number of H-pyrrole nitrogens is 1. The number of hydrogen-bond acceptors (Lipinski definition) is 3. The molecule has 33 heavy (non-hydrogen) atoms. The third-order valence-corrected chi connectivity index (χ3v) is 5.65. The van der Waals surface area contributed by atoms with Crippen molar-refractivity contribution in [3.63, 3.8) is 0 Å². The Morgan fingerprint density at radius 2 is 1.61 bits per heavy atom. The number of benzene rings is 2. The number of hydrogen-bond donors (Lipinski definition) is 4. The first kappa shape index (κ1) is 24.0. The topological polar surface area (TPSA) is 103 Å². The Hall–Kier alpha value is -3.61. The SMILES string of the molecule is Cc1ccc2[nH]c(C)c(CC(=O)NNC(=O)CCC(=O)N[C@H](C)CCc3ccccc3)c2c1. The highest BCUT2D eigenvalue weighted by Crippen LogP contribution is 2.23. The summed E-state index contributed by atoms with van der Waals surface area (Å²) in [6.45, 7) is 5.89. The van der Waals surface area contributed by atoms with Crippen molar-refractivity contribution < 1.29 is 14.4 Å². The van der Waals surface area contributed by atoms with Crippen LogP contribution in [-0.2, 0) is 27.2 Å². The van der Waals surface area contributed by atoms with Gasteiger partial charge in [0.2, 0.25) is 17.7 Å². The highest BCUT2D eigenvalue weighted by molar-refractivity contribution is 5.91. The van der Waals surface area contributed by atoms with Crippen molar-refractivity contribution in [3.05, 3.63) is 70.9 Å². The minimum atomic E-state index is -0.401. The number of aromatic nitrogens is 1. The van der Waals surface area contributed by atoms with E-state index in [4.69, 9.17) is 0 Å². The average Bonchev–Trinajstić information content (AvgIpc) is 3.10. The van der Waals surface area contributed by atoms with Crippen LogP contribution in [0.5, 0.6) is 0 Å². The second-order valence-corrected chi connectivity index (χ2v) is 8.54. The molecule has 3 aromatic rings. The molecule has 0 saturated heterocycles. The van der Waals surface area contributed by atoms with Gasteiger partial charge in [-0.3, -0.25) is 25.2 Å². The van der Waals surface area contributed by atoms with Crippen molar-refractivity contribution >= 4 is 28.6 Å². The third-order valence-electron chi connectivity index (χ3n) is 5.65. The van der Waals surface area contributed by atoms with Gasteiger partial charge in [-0.2, -0.15) is 0 Å². The summed E-state index contributed by atoms with van der Waals surface area (Å²) in [6, 6.07) is 16.2. The second kappa shape index (κ2) is 11.3. The van der Waals surface area contributed by atoms with Gasteiger partial charge in [0.05, 0.1) is 6.42 Å². The summed E-state index contributed by atoms with van der Waals surface area (Å²) in [5, 5.41) is 3.92. The molecule has 2 aromatic carbocycles. The first-order valence-electron chi connectivity index (χ1n) is 11.3. The van der Waals surface area contributed by atoms with Crippen LogP contribution in [0.3, 0.4) is 0 Å². The fraction of sp³-hybridized carbons (Fsp3) is 0.346. The first-order valence-corrected chi connectivity index (χ1v) is 11.3. The van der Waals surface area contributed by atoms with Gasteiger partial charge in [-0.1, -0.05) is 42.0 Å². The van der Waals surface area contributed by atoms with Crippen LogP contribution in [0, 0.1) is 13.8 Å². The Bertz CT molecular complexity index is 1120. The summed E-state index contributed by atoms with van der Waals surface area (Å²) in [4.78, 5) is 39.8. The second-order valence-electron chi connectivity index (χ2n) is 8.54. The minimum absolute atomic E-state index is 0.00280. The Labute approximate surface area is 194 Å². The minimum Gasteiger partial charge on any atom is -0.358 e. The van der Waals surface area contributed by atoms with Crippen molar-refractivity contribution in [2.24, 2.45) is 0 Å². The molecule has 7 nitrogen and oxygen atoms in total. The van der Waals surface area contributed by atoms with E-state index in [1.165, 1.54) is 5.56 Å². The lowest BCUT2D eigenvalue weighted by Gasteiger charge is -2.14. The number of fused-ring (bicyclic) bond motifs is 1. The van der Waals surface area contributed by atoms with Crippen molar-refractivity contribution in [2.75, 3.05) is 0 Å². The number of aryl methyl sites for hydroxylation is 3. The summed E-state index contributed by atoms with van der Waals surface area (Å²) < 4.78 is 0. The van der Waals surface area contributed by atoms with Gasteiger partial charge in [-0.15, -0.1) is 0 Å². The molecule has 0 spiro atoms. The maximum absolute atomic E-state index is 12.3. The van der Waals surface area contributed by atoms with Gasteiger partial charge in [-0.25, -0.2) is 0 Å². The molecule has 4 N–H and O–H groups in total. The summed E-state index contributed by atoms with van der Waals surface area (Å²) in [5.74, 6) is -0.892. The molecule has 0 aliphatic heterocycles.